The summed E-state index contributed by atoms with van der Waals surface area (Å²) in [6.07, 6.45) is 1.41. The summed E-state index contributed by atoms with van der Waals surface area (Å²) in [7, 11) is 0. The number of aromatic hydroxyl groups is 2. The molecule has 2 N–H and O–H groups in total. The number of halogens is 2. The Labute approximate surface area is 138 Å². The van der Waals surface area contributed by atoms with Crippen LogP contribution in [-0.2, 0) is 0 Å². The minimum atomic E-state index is -0.153. The first-order chi connectivity index (χ1) is 10.5. The number of para-hydroxylation sites is 1. The molecular formula is C16H15Cl2NO3. The van der Waals surface area contributed by atoms with Crippen LogP contribution in [-0.4, -0.2) is 23.0 Å². The molecule has 0 amide bonds. The van der Waals surface area contributed by atoms with Gasteiger partial charge < -0.3 is 14.9 Å². The van der Waals surface area contributed by atoms with Crippen LogP contribution in [0.1, 0.15) is 18.1 Å². The van der Waals surface area contributed by atoms with Crippen molar-refractivity contribution in [2.24, 2.45) is 4.99 Å². The van der Waals surface area contributed by atoms with Crippen molar-refractivity contribution in [2.75, 3.05) is 6.61 Å². The van der Waals surface area contributed by atoms with Gasteiger partial charge in [0, 0.05) is 16.8 Å². The van der Waals surface area contributed by atoms with Gasteiger partial charge in [0.2, 0.25) is 0 Å². The molecule has 0 aliphatic heterocycles. The molecule has 0 aliphatic carbocycles. The summed E-state index contributed by atoms with van der Waals surface area (Å²) < 4.78 is 5.30. The van der Waals surface area contributed by atoms with E-state index in [1.165, 1.54) is 12.3 Å². The quantitative estimate of drug-likeness (QED) is 0.781. The topological polar surface area (TPSA) is 62.0 Å². The summed E-state index contributed by atoms with van der Waals surface area (Å²) in [5, 5.41) is 20.7. The summed E-state index contributed by atoms with van der Waals surface area (Å²) in [4.78, 5) is 4.14. The van der Waals surface area contributed by atoms with E-state index in [-0.39, 0.29) is 22.2 Å². The van der Waals surface area contributed by atoms with Crippen molar-refractivity contribution in [3.8, 4) is 17.2 Å². The lowest BCUT2D eigenvalue weighted by molar-refractivity contribution is 0.318. The molecule has 0 saturated carbocycles. The highest BCUT2D eigenvalue weighted by atomic mass is 35.5. The molecule has 0 fully saturated rings. The molecule has 0 aliphatic rings. The molecule has 4 nitrogen and oxygen atoms in total. The normalized spacial score (nSPS) is 11.1. The number of phenols is 2. The summed E-state index contributed by atoms with van der Waals surface area (Å²) in [5.41, 5.74) is 1.26. The van der Waals surface area contributed by atoms with Crippen LogP contribution in [0, 0.1) is 6.92 Å². The maximum Gasteiger partial charge on any atom is 0.166 e. The SMILES string of the molecule is CCOc1cccc(C=Nc2cc(Cl)c(C)c(Cl)c2O)c1O. The largest absolute Gasteiger partial charge is 0.504 e. The fourth-order valence-corrected chi connectivity index (χ4v) is 2.29. The number of hydrogen-bond acceptors (Lipinski definition) is 4. The molecule has 0 atom stereocenters. The van der Waals surface area contributed by atoms with Gasteiger partial charge in [0.05, 0.1) is 11.6 Å². The third-order valence-corrected chi connectivity index (χ3v) is 3.93. The molecule has 0 radical (unpaired) electrons. The molecule has 0 unspecified atom stereocenters. The predicted octanol–water partition coefficient (Wildman–Crippen LogP) is 4.86. The maximum absolute atomic E-state index is 10.1. The number of ether oxygens (including phenoxy) is 1. The van der Waals surface area contributed by atoms with Crippen LogP contribution in [0.25, 0.3) is 0 Å². The minimum Gasteiger partial charge on any atom is -0.504 e. The minimum absolute atomic E-state index is 0.0168. The van der Waals surface area contributed by atoms with Crippen LogP contribution in [0.4, 0.5) is 5.69 Å². The third-order valence-electron chi connectivity index (χ3n) is 3.07. The number of phenolic OH excluding ortho intramolecular Hbond substituents is 2. The van der Waals surface area contributed by atoms with E-state index in [0.717, 1.165) is 0 Å². The molecule has 116 valence electrons. The molecule has 0 aromatic heterocycles. The lowest BCUT2D eigenvalue weighted by Gasteiger charge is -2.08. The molecule has 2 aromatic rings. The van der Waals surface area contributed by atoms with Gasteiger partial charge in [0.15, 0.2) is 17.2 Å². The fourth-order valence-electron chi connectivity index (χ4n) is 1.84. The van der Waals surface area contributed by atoms with Crippen LogP contribution in [0.5, 0.6) is 17.2 Å². The Balaban J connectivity index is 2.40. The van der Waals surface area contributed by atoms with E-state index in [2.05, 4.69) is 4.99 Å². The molecule has 0 saturated heterocycles. The van der Waals surface area contributed by atoms with E-state index in [0.29, 0.717) is 28.5 Å². The van der Waals surface area contributed by atoms with Gasteiger partial charge in [-0.15, -0.1) is 0 Å². The van der Waals surface area contributed by atoms with Crippen LogP contribution in [0.3, 0.4) is 0 Å². The number of nitrogens with zero attached hydrogens (tertiary/aromatic N) is 1. The number of rotatable bonds is 4. The van der Waals surface area contributed by atoms with Gasteiger partial charge >= 0.3 is 0 Å². The van der Waals surface area contributed by atoms with E-state index < -0.39 is 0 Å². The lowest BCUT2D eigenvalue weighted by atomic mass is 10.2. The Kier molecular flexibility index (Phi) is 5.16. The standard InChI is InChI=1S/C16H15Cl2NO3/c1-3-22-13-6-4-5-10(15(13)20)8-19-12-7-11(17)9(2)14(18)16(12)21/h4-8,20-21H,3H2,1-2H3. The van der Waals surface area contributed by atoms with Gasteiger partial charge in [0.1, 0.15) is 5.69 Å². The van der Waals surface area contributed by atoms with E-state index in [4.69, 9.17) is 27.9 Å². The average Bonchev–Trinajstić information content (AvgIpc) is 2.51. The first kappa shape index (κ1) is 16.5. The molecule has 0 bridgehead atoms. The first-order valence-corrected chi connectivity index (χ1v) is 7.37. The molecular weight excluding hydrogens is 325 g/mol. The van der Waals surface area contributed by atoms with Gasteiger partial charge in [-0.3, -0.25) is 4.99 Å². The first-order valence-electron chi connectivity index (χ1n) is 6.62. The van der Waals surface area contributed by atoms with Gasteiger partial charge in [-0.25, -0.2) is 0 Å². The average molecular weight is 340 g/mol. The van der Waals surface area contributed by atoms with Crippen molar-refractivity contribution in [1.82, 2.24) is 0 Å². The van der Waals surface area contributed by atoms with E-state index in [1.807, 2.05) is 6.92 Å². The number of aliphatic imine (C=N–C) groups is 1. The van der Waals surface area contributed by atoms with Crippen LogP contribution < -0.4 is 4.74 Å². The number of benzene rings is 2. The van der Waals surface area contributed by atoms with Crippen molar-refractivity contribution in [3.05, 3.63) is 45.4 Å². The van der Waals surface area contributed by atoms with Crippen molar-refractivity contribution < 1.29 is 14.9 Å². The van der Waals surface area contributed by atoms with Gasteiger partial charge in [-0.1, -0.05) is 29.3 Å². The smallest absolute Gasteiger partial charge is 0.166 e. The monoisotopic (exact) mass is 339 g/mol. The number of hydrogen-bond donors (Lipinski definition) is 2. The Morgan fingerprint density at radius 2 is 1.95 bits per heavy atom. The van der Waals surface area contributed by atoms with Gasteiger partial charge in [-0.05, 0) is 37.6 Å². The van der Waals surface area contributed by atoms with Crippen molar-refractivity contribution in [1.29, 1.82) is 0 Å². The summed E-state index contributed by atoms with van der Waals surface area (Å²) in [6.45, 7) is 3.97. The Bertz CT molecular complexity index is 730. The molecule has 2 rings (SSSR count). The van der Waals surface area contributed by atoms with Crippen LogP contribution in [0.15, 0.2) is 29.3 Å². The second kappa shape index (κ2) is 6.90. The second-order valence-electron chi connectivity index (χ2n) is 4.55. The molecule has 0 spiro atoms. The van der Waals surface area contributed by atoms with Crippen LogP contribution in [0.2, 0.25) is 10.0 Å². The zero-order chi connectivity index (χ0) is 16.3. The molecule has 6 heteroatoms. The zero-order valence-corrected chi connectivity index (χ0v) is 13.6. The third kappa shape index (κ3) is 3.29. The highest BCUT2D eigenvalue weighted by molar-refractivity contribution is 6.37. The Hall–Kier alpha value is -1.91. The summed E-state index contributed by atoms with van der Waals surface area (Å²) in [5.74, 6) is 0.202. The van der Waals surface area contributed by atoms with Crippen molar-refractivity contribution >= 4 is 35.1 Å². The fraction of sp³-hybridized carbons (Fsp3) is 0.188. The molecule has 22 heavy (non-hydrogen) atoms. The van der Waals surface area contributed by atoms with E-state index in [9.17, 15) is 10.2 Å². The van der Waals surface area contributed by atoms with E-state index >= 15 is 0 Å². The van der Waals surface area contributed by atoms with E-state index in [1.54, 1.807) is 25.1 Å². The molecule has 0 heterocycles. The van der Waals surface area contributed by atoms with Crippen molar-refractivity contribution in [3.63, 3.8) is 0 Å². The Morgan fingerprint density at radius 1 is 1.23 bits per heavy atom. The predicted molar refractivity (Wildman–Crippen MR) is 89.4 cm³/mol. The van der Waals surface area contributed by atoms with Crippen molar-refractivity contribution in [2.45, 2.75) is 13.8 Å². The highest BCUT2D eigenvalue weighted by Crippen LogP contribution is 2.40. The van der Waals surface area contributed by atoms with Crippen LogP contribution >= 0.6 is 23.2 Å². The van der Waals surface area contributed by atoms with Gasteiger partial charge in [-0.2, -0.15) is 0 Å². The summed E-state index contributed by atoms with van der Waals surface area (Å²) >= 11 is 12.0. The Morgan fingerprint density at radius 3 is 2.64 bits per heavy atom. The summed E-state index contributed by atoms with van der Waals surface area (Å²) in [6, 6.07) is 6.59. The maximum atomic E-state index is 10.1. The second-order valence-corrected chi connectivity index (χ2v) is 5.34. The highest BCUT2D eigenvalue weighted by Gasteiger charge is 2.12. The zero-order valence-electron chi connectivity index (χ0n) is 12.1. The molecule has 2 aromatic carbocycles. The van der Waals surface area contributed by atoms with Gasteiger partial charge in [0.25, 0.3) is 0 Å². The lowest BCUT2D eigenvalue weighted by Crippen LogP contribution is -1.93.